The molecule has 184 valence electrons. The number of carbonyl (C=O) groups excluding carboxylic acids is 1. The minimum absolute atomic E-state index is 0.0943. The molecule has 0 radical (unpaired) electrons. The van der Waals surface area contributed by atoms with Gasteiger partial charge in [-0.2, -0.15) is 0 Å². The number of nitrogens with zero attached hydrogens (tertiary/aromatic N) is 1. The van der Waals surface area contributed by atoms with Crippen molar-refractivity contribution in [2.45, 2.75) is 71.3 Å². The van der Waals surface area contributed by atoms with Crippen molar-refractivity contribution in [3.8, 4) is 0 Å². The van der Waals surface area contributed by atoms with Crippen LogP contribution in [0.4, 0.5) is 5.69 Å². The zero-order valence-electron chi connectivity index (χ0n) is 21.2. The van der Waals surface area contributed by atoms with E-state index in [1.165, 1.54) is 18.4 Å². The first-order valence-electron chi connectivity index (χ1n) is 13.2. The number of halogens is 1. The molecule has 1 aromatic rings. The van der Waals surface area contributed by atoms with Gasteiger partial charge in [0.25, 0.3) is 0 Å². The van der Waals surface area contributed by atoms with Gasteiger partial charge in [0, 0.05) is 30.7 Å². The fourth-order valence-corrected chi connectivity index (χ4v) is 8.56. The Labute approximate surface area is 210 Å². The Kier molecular flexibility index (Phi) is 6.26. The Balaban J connectivity index is 1.33. The van der Waals surface area contributed by atoms with Crippen molar-refractivity contribution in [3.63, 3.8) is 0 Å². The summed E-state index contributed by atoms with van der Waals surface area (Å²) in [5.41, 5.74) is 3.82. The highest BCUT2D eigenvalue weighted by molar-refractivity contribution is 6.32. The first-order chi connectivity index (χ1) is 16.1. The summed E-state index contributed by atoms with van der Waals surface area (Å²) < 4.78 is 0. The molecule has 3 nitrogen and oxygen atoms in total. The Morgan fingerprint density at radius 2 is 1.91 bits per heavy atom. The number of hydrogen-bond acceptors (Lipinski definition) is 3. The molecule has 0 amide bonds. The number of ketones is 1. The normalized spacial score (nSPS) is 39.2. The van der Waals surface area contributed by atoms with Gasteiger partial charge in [-0.3, -0.25) is 4.79 Å². The van der Waals surface area contributed by atoms with Crippen LogP contribution in [0.1, 0.15) is 70.8 Å². The summed E-state index contributed by atoms with van der Waals surface area (Å²) in [4.78, 5) is 15.5. The number of benzene rings is 1. The summed E-state index contributed by atoms with van der Waals surface area (Å²) in [5.74, 6) is 2.39. The molecule has 0 heterocycles. The van der Waals surface area contributed by atoms with Crippen molar-refractivity contribution >= 4 is 29.1 Å². The van der Waals surface area contributed by atoms with Gasteiger partial charge >= 0.3 is 0 Å². The van der Waals surface area contributed by atoms with E-state index >= 15 is 0 Å². The largest absolute Gasteiger partial charge is 0.393 e. The second-order valence-corrected chi connectivity index (χ2v) is 12.6. The molecule has 1 aromatic carbocycles. The Bertz CT molecular complexity index is 1030. The molecular formula is C30H40ClNO2. The van der Waals surface area contributed by atoms with Crippen molar-refractivity contribution < 1.29 is 9.90 Å². The van der Waals surface area contributed by atoms with Gasteiger partial charge in [-0.1, -0.05) is 43.2 Å². The van der Waals surface area contributed by atoms with Crippen LogP contribution in [0.15, 0.2) is 35.9 Å². The molecular weight excluding hydrogens is 442 g/mol. The summed E-state index contributed by atoms with van der Waals surface area (Å²) in [6.45, 7) is 4.87. The van der Waals surface area contributed by atoms with Crippen LogP contribution in [0.5, 0.6) is 0 Å². The molecule has 0 saturated heterocycles. The summed E-state index contributed by atoms with van der Waals surface area (Å²) in [5, 5.41) is 10.9. The monoisotopic (exact) mass is 481 g/mol. The average Bonchev–Trinajstić information content (AvgIpc) is 3.15. The average molecular weight is 482 g/mol. The maximum atomic E-state index is 13.5. The van der Waals surface area contributed by atoms with Gasteiger partial charge in [0.1, 0.15) is 0 Å². The molecule has 4 unspecified atom stereocenters. The van der Waals surface area contributed by atoms with Gasteiger partial charge in [-0.15, -0.1) is 0 Å². The van der Waals surface area contributed by atoms with Crippen molar-refractivity contribution in [1.82, 2.24) is 0 Å². The highest BCUT2D eigenvalue weighted by Crippen LogP contribution is 2.66. The van der Waals surface area contributed by atoms with Gasteiger partial charge in [-0.25, -0.2) is 0 Å². The number of hydrogen-bond donors (Lipinski definition) is 1. The number of aliphatic hydroxyl groups is 1. The van der Waals surface area contributed by atoms with Crippen LogP contribution in [-0.4, -0.2) is 31.1 Å². The lowest BCUT2D eigenvalue weighted by atomic mass is 9.47. The number of allylic oxidation sites excluding steroid dienone is 2. The number of aliphatic hydroxyl groups excluding tert-OH is 1. The van der Waals surface area contributed by atoms with E-state index in [2.05, 4.69) is 19.9 Å². The van der Waals surface area contributed by atoms with Gasteiger partial charge in [0.2, 0.25) is 0 Å². The van der Waals surface area contributed by atoms with Crippen LogP contribution in [0, 0.1) is 34.5 Å². The lowest BCUT2D eigenvalue weighted by molar-refractivity contribution is -0.124. The lowest BCUT2D eigenvalue weighted by Crippen LogP contribution is -2.50. The predicted molar refractivity (Wildman–Crippen MR) is 141 cm³/mol. The van der Waals surface area contributed by atoms with Crippen LogP contribution >= 0.6 is 11.6 Å². The molecule has 3 fully saturated rings. The van der Waals surface area contributed by atoms with Crippen LogP contribution in [0.25, 0.3) is 6.08 Å². The Morgan fingerprint density at radius 3 is 2.65 bits per heavy atom. The summed E-state index contributed by atoms with van der Waals surface area (Å²) in [6, 6.07) is 6.00. The van der Waals surface area contributed by atoms with E-state index in [1.54, 1.807) is 6.08 Å². The second kappa shape index (κ2) is 8.82. The fraction of sp³-hybridized carbons (Fsp3) is 0.633. The fourth-order valence-electron chi connectivity index (χ4n) is 8.33. The molecule has 0 bridgehead atoms. The Hall–Kier alpha value is -1.58. The van der Waals surface area contributed by atoms with E-state index in [0.29, 0.717) is 22.8 Å². The number of rotatable bonds is 4. The number of fused-ring (bicyclic) bond motifs is 5. The maximum absolute atomic E-state index is 13.5. The van der Waals surface area contributed by atoms with Crippen molar-refractivity contribution in [2.75, 3.05) is 19.0 Å². The van der Waals surface area contributed by atoms with E-state index in [1.807, 2.05) is 43.3 Å². The van der Waals surface area contributed by atoms with E-state index in [0.717, 1.165) is 49.8 Å². The van der Waals surface area contributed by atoms with E-state index in [-0.39, 0.29) is 28.6 Å². The quantitative estimate of drug-likeness (QED) is 0.374. The van der Waals surface area contributed by atoms with E-state index in [9.17, 15) is 9.90 Å². The van der Waals surface area contributed by atoms with E-state index in [4.69, 9.17) is 11.6 Å². The maximum Gasteiger partial charge on any atom is 0.159 e. The molecule has 0 spiro atoms. The first-order valence-corrected chi connectivity index (χ1v) is 13.6. The molecule has 4 aliphatic carbocycles. The third kappa shape index (κ3) is 3.88. The van der Waals surface area contributed by atoms with E-state index < -0.39 is 0 Å². The molecule has 4 heteroatoms. The highest BCUT2D eigenvalue weighted by atomic mass is 35.5. The lowest BCUT2D eigenvalue weighted by Gasteiger charge is -2.57. The van der Waals surface area contributed by atoms with Crippen LogP contribution in [0.2, 0.25) is 5.02 Å². The minimum Gasteiger partial charge on any atom is -0.393 e. The predicted octanol–water partition coefficient (Wildman–Crippen LogP) is 6.93. The molecule has 1 N–H and O–H groups in total. The molecule has 3 saturated carbocycles. The summed E-state index contributed by atoms with van der Waals surface area (Å²) in [6.07, 6.45) is 14.6. The molecule has 7 atom stereocenters. The van der Waals surface area contributed by atoms with Crippen molar-refractivity contribution in [2.24, 2.45) is 34.5 Å². The Morgan fingerprint density at radius 1 is 1.12 bits per heavy atom. The number of anilines is 1. The summed E-state index contributed by atoms with van der Waals surface area (Å²) in [7, 11) is 4.00. The minimum atomic E-state index is -0.155. The van der Waals surface area contributed by atoms with Gasteiger partial charge in [-0.05, 0) is 110 Å². The molecule has 0 aliphatic heterocycles. The SMILES string of the molecule is CN(C)c1ccc(/C=C/C(=O)C2CCC3C4CC=C5C[C@@H](O)CC[C@]5(C)C4CC[C@]23C)c(Cl)c1. The topological polar surface area (TPSA) is 40.5 Å². The van der Waals surface area contributed by atoms with Gasteiger partial charge < -0.3 is 10.0 Å². The van der Waals surface area contributed by atoms with Crippen LogP contribution in [-0.2, 0) is 4.79 Å². The van der Waals surface area contributed by atoms with Gasteiger partial charge in [0.05, 0.1) is 6.10 Å². The van der Waals surface area contributed by atoms with Crippen LogP contribution < -0.4 is 4.90 Å². The molecule has 0 aromatic heterocycles. The number of carbonyl (C=O) groups is 1. The van der Waals surface area contributed by atoms with Crippen LogP contribution in [0.3, 0.4) is 0 Å². The standard InChI is InChI=1S/C30H40ClNO2/c1-29-15-13-22(33)17-20(29)7-9-23-24-10-11-26(30(24,2)16-14-25(23)29)28(34)12-6-19-5-8-21(32(3)4)18-27(19)31/h5-8,12,18,22-26,33H,9-11,13-17H2,1-4H3/b12-6+/t22-,23?,24?,25?,26?,29-,30-/m0/s1. The molecule has 5 rings (SSSR count). The smallest absolute Gasteiger partial charge is 0.159 e. The zero-order valence-corrected chi connectivity index (χ0v) is 21.9. The van der Waals surface area contributed by atoms with Gasteiger partial charge in [0.15, 0.2) is 5.78 Å². The van der Waals surface area contributed by atoms with Crippen molar-refractivity contribution in [1.29, 1.82) is 0 Å². The highest BCUT2D eigenvalue weighted by Gasteiger charge is 2.59. The molecule has 34 heavy (non-hydrogen) atoms. The zero-order chi connectivity index (χ0) is 24.3. The third-order valence-corrected chi connectivity index (χ3v) is 10.7. The molecule has 4 aliphatic rings. The van der Waals surface area contributed by atoms with Crippen molar-refractivity contribution in [3.05, 3.63) is 46.5 Å². The second-order valence-electron chi connectivity index (χ2n) is 12.2. The third-order valence-electron chi connectivity index (χ3n) is 10.3. The first kappa shape index (κ1) is 24.1. The summed E-state index contributed by atoms with van der Waals surface area (Å²) >= 11 is 6.50.